The van der Waals surface area contributed by atoms with Gasteiger partial charge in [0.2, 0.25) is 9.84 Å². The fourth-order valence-corrected chi connectivity index (χ4v) is 4.76. The number of ether oxygens (including phenoxy) is 1. The molecule has 0 saturated heterocycles. The topological polar surface area (TPSA) is 113 Å². The van der Waals surface area contributed by atoms with Crippen LogP contribution in [0.1, 0.15) is 31.1 Å². The number of benzene rings is 3. The highest BCUT2D eigenvalue weighted by Crippen LogP contribution is 2.25. The van der Waals surface area contributed by atoms with Crippen molar-refractivity contribution in [2.45, 2.75) is 41.8 Å². The van der Waals surface area contributed by atoms with Crippen LogP contribution in [0.15, 0.2) is 82.6 Å². The van der Waals surface area contributed by atoms with Crippen molar-refractivity contribution in [3.8, 4) is 5.75 Å². The van der Waals surface area contributed by atoms with Gasteiger partial charge in [-0.25, -0.2) is 13.2 Å². The maximum Gasteiger partial charge on any atom is 0.347 e. The quantitative estimate of drug-likeness (QED) is 0.295. The number of carboxylic acid groups (broad SMARTS) is 1. The fourth-order valence-electron chi connectivity index (χ4n) is 3.30. The summed E-state index contributed by atoms with van der Waals surface area (Å²) in [6.45, 7) is 3.81. The Morgan fingerprint density at radius 3 is 2.17 bits per heavy atom. The summed E-state index contributed by atoms with van der Waals surface area (Å²) in [6, 6.07) is 19.4. The Morgan fingerprint density at radius 1 is 1.03 bits per heavy atom. The maximum atomic E-state index is 13.0. The predicted molar refractivity (Wildman–Crippen MR) is 141 cm³/mol. The molecule has 0 unspecified atom stereocenters. The zero-order chi connectivity index (χ0) is 25.6. The Morgan fingerprint density at radius 2 is 1.61 bits per heavy atom. The minimum atomic E-state index is -3.73. The lowest BCUT2D eigenvalue weighted by atomic mass is 10.1. The van der Waals surface area contributed by atoms with Gasteiger partial charge in [0.1, 0.15) is 5.75 Å². The monoisotopic (exact) mass is 553 g/mol. The molecule has 0 heterocycles. The summed E-state index contributed by atoms with van der Waals surface area (Å²) < 4.78 is 31.3. The number of carboxylic acids is 1. The van der Waals surface area contributed by atoms with Gasteiger partial charge in [-0.1, -0.05) is 35.9 Å². The minimum Gasteiger partial charge on any atom is -0.478 e. The van der Waals surface area contributed by atoms with Crippen LogP contribution in [0.5, 0.6) is 5.75 Å². The van der Waals surface area contributed by atoms with E-state index in [0.29, 0.717) is 24.5 Å². The highest BCUT2D eigenvalue weighted by atomic mass is 35.5. The predicted octanol–water partition coefficient (Wildman–Crippen LogP) is 4.70. The highest BCUT2D eigenvalue weighted by Gasteiger charge is 2.29. The van der Waals surface area contributed by atoms with E-state index >= 15 is 0 Å². The molecule has 0 spiro atoms. The second-order valence-corrected chi connectivity index (χ2v) is 10.9. The first-order chi connectivity index (χ1) is 16.5. The summed E-state index contributed by atoms with van der Waals surface area (Å²) >= 11 is 5.95. The number of aliphatic hydroxyl groups excluding tert-OH is 1. The number of nitrogens with one attached hydrogen (secondary N) is 1. The Kier molecular flexibility index (Phi) is 10.3. The summed E-state index contributed by atoms with van der Waals surface area (Å²) in [5.74, 6) is -0.860. The Bertz CT molecular complexity index is 1260. The molecular formula is C26H29Cl2NO6S. The second-order valence-electron chi connectivity index (χ2n) is 8.56. The third kappa shape index (κ3) is 7.69. The van der Waals surface area contributed by atoms with E-state index in [0.717, 1.165) is 11.1 Å². The first kappa shape index (κ1) is 29.6. The lowest BCUT2D eigenvalue weighted by Crippen LogP contribution is -2.37. The van der Waals surface area contributed by atoms with Crippen LogP contribution >= 0.6 is 24.0 Å². The van der Waals surface area contributed by atoms with E-state index < -0.39 is 27.5 Å². The van der Waals surface area contributed by atoms with Crippen molar-refractivity contribution >= 4 is 39.8 Å². The van der Waals surface area contributed by atoms with Crippen molar-refractivity contribution in [2.75, 3.05) is 13.1 Å². The molecule has 0 fully saturated rings. The molecule has 0 aromatic heterocycles. The van der Waals surface area contributed by atoms with Gasteiger partial charge in [-0.15, -0.1) is 12.4 Å². The smallest absolute Gasteiger partial charge is 0.347 e. The molecule has 0 aliphatic heterocycles. The Hall–Kier alpha value is -2.62. The number of sulfone groups is 1. The summed E-state index contributed by atoms with van der Waals surface area (Å²) in [7, 11) is -3.73. The molecule has 0 aliphatic carbocycles. The van der Waals surface area contributed by atoms with Crippen LogP contribution in [0.2, 0.25) is 5.02 Å². The molecule has 3 rings (SSSR count). The molecule has 0 saturated carbocycles. The molecule has 0 radical (unpaired) electrons. The van der Waals surface area contributed by atoms with Crippen LogP contribution in [0.3, 0.4) is 0 Å². The van der Waals surface area contributed by atoms with Crippen LogP contribution < -0.4 is 10.1 Å². The molecule has 3 N–H and O–H groups in total. The van der Waals surface area contributed by atoms with Gasteiger partial charge in [0, 0.05) is 11.6 Å². The molecule has 3 aromatic carbocycles. The van der Waals surface area contributed by atoms with Crippen LogP contribution in [0, 0.1) is 0 Å². The number of aliphatic carboxylic acids is 1. The average molecular weight is 554 g/mol. The zero-order valence-corrected chi connectivity index (χ0v) is 22.2. The second kappa shape index (κ2) is 12.6. The standard InChI is InChI=1S/C26H28ClNO6S.ClH/c1-26(2,25(30)31)34-21-8-12-23(13-9-21)35(32,33)22-10-6-18(7-11-22)14-15-28-17-24(29)19-4-3-5-20(27)16-19;/h3-13,16,24,28-29H,14-15,17H2,1-2H3,(H,30,31);1H/t24-;/m0./s1. The minimum absolute atomic E-state index is 0. The average Bonchev–Trinajstić information content (AvgIpc) is 2.82. The van der Waals surface area contributed by atoms with E-state index in [1.807, 2.05) is 6.07 Å². The summed E-state index contributed by atoms with van der Waals surface area (Å²) in [4.78, 5) is 11.4. The maximum absolute atomic E-state index is 13.0. The normalized spacial score (nSPS) is 12.4. The van der Waals surface area contributed by atoms with Crippen LogP contribution in [-0.2, 0) is 21.1 Å². The number of hydrogen-bond acceptors (Lipinski definition) is 6. The van der Waals surface area contributed by atoms with Gasteiger partial charge < -0.3 is 20.3 Å². The van der Waals surface area contributed by atoms with Gasteiger partial charge in [-0.2, -0.15) is 0 Å². The number of rotatable bonds is 11. The molecule has 36 heavy (non-hydrogen) atoms. The van der Waals surface area contributed by atoms with Crippen molar-refractivity contribution in [3.05, 3.63) is 88.9 Å². The van der Waals surface area contributed by atoms with Gasteiger partial charge in [-0.3, -0.25) is 0 Å². The molecule has 194 valence electrons. The number of halogens is 2. The van der Waals surface area contributed by atoms with Gasteiger partial charge in [-0.05, 0) is 86.5 Å². The van der Waals surface area contributed by atoms with E-state index in [4.69, 9.17) is 21.4 Å². The Balaban J connectivity index is 0.00000456. The van der Waals surface area contributed by atoms with Crippen LogP contribution in [0.25, 0.3) is 0 Å². The molecule has 0 aliphatic rings. The largest absolute Gasteiger partial charge is 0.478 e. The molecule has 0 bridgehead atoms. The van der Waals surface area contributed by atoms with Crippen molar-refractivity contribution in [2.24, 2.45) is 0 Å². The van der Waals surface area contributed by atoms with Crippen molar-refractivity contribution in [1.29, 1.82) is 0 Å². The zero-order valence-electron chi connectivity index (χ0n) is 19.8. The summed E-state index contributed by atoms with van der Waals surface area (Å²) in [5, 5.41) is 23.2. The third-order valence-electron chi connectivity index (χ3n) is 5.42. The van der Waals surface area contributed by atoms with E-state index in [1.54, 1.807) is 42.5 Å². The lowest BCUT2D eigenvalue weighted by molar-refractivity contribution is -0.152. The summed E-state index contributed by atoms with van der Waals surface area (Å²) in [5.41, 5.74) is 0.261. The van der Waals surface area contributed by atoms with Gasteiger partial charge in [0.15, 0.2) is 5.60 Å². The van der Waals surface area contributed by atoms with Crippen molar-refractivity contribution in [1.82, 2.24) is 5.32 Å². The third-order valence-corrected chi connectivity index (χ3v) is 7.44. The van der Waals surface area contributed by atoms with Gasteiger partial charge in [0.05, 0.1) is 15.9 Å². The number of aliphatic hydroxyl groups is 1. The summed E-state index contributed by atoms with van der Waals surface area (Å²) in [6.07, 6.45) is -0.0123. The molecule has 3 aromatic rings. The molecular weight excluding hydrogens is 525 g/mol. The SMILES string of the molecule is CC(C)(Oc1ccc(S(=O)(=O)c2ccc(CCNC[C@H](O)c3cccc(Cl)c3)cc2)cc1)C(=O)O.Cl. The molecule has 0 amide bonds. The van der Waals surface area contributed by atoms with Gasteiger partial charge in [0.25, 0.3) is 0 Å². The molecule has 10 heteroatoms. The van der Waals surface area contributed by atoms with Crippen LogP contribution in [-0.4, -0.2) is 43.3 Å². The molecule has 1 atom stereocenters. The number of hydrogen-bond donors (Lipinski definition) is 3. The van der Waals surface area contributed by atoms with Crippen molar-refractivity contribution < 1.29 is 28.2 Å². The van der Waals surface area contributed by atoms with E-state index in [-0.39, 0.29) is 27.9 Å². The first-order valence-electron chi connectivity index (χ1n) is 11.0. The Labute approximate surface area is 222 Å². The van der Waals surface area contributed by atoms with E-state index in [2.05, 4.69) is 5.32 Å². The van der Waals surface area contributed by atoms with Gasteiger partial charge >= 0.3 is 5.97 Å². The van der Waals surface area contributed by atoms with Crippen molar-refractivity contribution in [3.63, 3.8) is 0 Å². The first-order valence-corrected chi connectivity index (χ1v) is 12.9. The fraction of sp³-hybridized carbons (Fsp3) is 0.269. The highest BCUT2D eigenvalue weighted by molar-refractivity contribution is 7.91. The number of carbonyl (C=O) groups is 1. The lowest BCUT2D eigenvalue weighted by Gasteiger charge is -2.21. The van der Waals surface area contributed by atoms with E-state index in [1.165, 1.54) is 38.1 Å². The molecule has 7 nitrogen and oxygen atoms in total. The van der Waals surface area contributed by atoms with E-state index in [9.17, 15) is 18.3 Å². The van der Waals surface area contributed by atoms with Crippen LogP contribution in [0.4, 0.5) is 0 Å².